The van der Waals surface area contributed by atoms with Gasteiger partial charge in [-0.2, -0.15) is 0 Å². The van der Waals surface area contributed by atoms with E-state index in [4.69, 9.17) is 19.9 Å². The molecule has 4 heteroatoms. The molecule has 9 aromatic rings. The first-order chi connectivity index (χ1) is 25.8. The van der Waals surface area contributed by atoms with Gasteiger partial charge < -0.3 is 0 Å². The van der Waals surface area contributed by atoms with Gasteiger partial charge in [0.15, 0.2) is 5.82 Å². The third-order valence-corrected chi connectivity index (χ3v) is 9.28. The molecule has 244 valence electrons. The molecule has 0 unspecified atom stereocenters. The fourth-order valence-electron chi connectivity index (χ4n) is 6.73. The summed E-state index contributed by atoms with van der Waals surface area (Å²) < 4.78 is 0. The van der Waals surface area contributed by atoms with Gasteiger partial charge >= 0.3 is 0 Å². The maximum absolute atomic E-state index is 5.45. The zero-order valence-electron chi connectivity index (χ0n) is 28.3. The van der Waals surface area contributed by atoms with E-state index in [0.717, 1.165) is 83.9 Å². The minimum atomic E-state index is 0.691. The Balaban J connectivity index is 1.19. The monoisotopic (exact) mass is 664 g/mol. The Labute approximate surface area is 302 Å². The van der Waals surface area contributed by atoms with Crippen molar-refractivity contribution < 1.29 is 0 Å². The van der Waals surface area contributed by atoms with Crippen LogP contribution in [0.25, 0.3) is 89.7 Å². The van der Waals surface area contributed by atoms with E-state index in [-0.39, 0.29) is 0 Å². The van der Waals surface area contributed by atoms with Gasteiger partial charge in [-0.3, -0.25) is 0 Å². The third kappa shape index (κ3) is 6.03. The molecule has 0 N–H and O–H groups in total. The van der Waals surface area contributed by atoms with E-state index in [9.17, 15) is 0 Å². The van der Waals surface area contributed by atoms with Crippen molar-refractivity contribution >= 4 is 10.9 Å². The number of hydrogen-bond acceptors (Lipinski definition) is 4. The molecule has 7 aromatic carbocycles. The van der Waals surface area contributed by atoms with Gasteiger partial charge in [-0.1, -0.05) is 176 Å². The molecule has 0 amide bonds. The Morgan fingerprint density at radius 1 is 0.231 bits per heavy atom. The van der Waals surface area contributed by atoms with Crippen LogP contribution < -0.4 is 0 Å². The SMILES string of the molecule is c1ccc(-c2nc(-c3ccccc3)c(-c3cccc(-c4cccc(-c5nc(-c6ccccc6)c6ccccc6n5)c4)c3)nc2-c2ccccc2)cc1. The smallest absolute Gasteiger partial charge is 0.160 e. The molecule has 0 fully saturated rings. The lowest BCUT2D eigenvalue weighted by atomic mass is 9.96. The summed E-state index contributed by atoms with van der Waals surface area (Å²) in [7, 11) is 0. The molecule has 0 aliphatic rings. The number of benzene rings is 7. The molecule has 2 aromatic heterocycles. The van der Waals surface area contributed by atoms with Crippen LogP contribution in [0.1, 0.15) is 0 Å². The lowest BCUT2D eigenvalue weighted by Gasteiger charge is -2.16. The summed E-state index contributed by atoms with van der Waals surface area (Å²) in [4.78, 5) is 21.0. The maximum Gasteiger partial charge on any atom is 0.160 e. The maximum atomic E-state index is 5.45. The van der Waals surface area contributed by atoms with Crippen LogP contribution in [-0.4, -0.2) is 19.9 Å². The number of fused-ring (bicyclic) bond motifs is 1. The Kier molecular flexibility index (Phi) is 8.16. The van der Waals surface area contributed by atoms with Gasteiger partial charge in [0.25, 0.3) is 0 Å². The first-order valence-electron chi connectivity index (χ1n) is 17.4. The normalized spacial score (nSPS) is 11.1. The second-order valence-corrected chi connectivity index (χ2v) is 12.7. The van der Waals surface area contributed by atoms with Crippen molar-refractivity contribution in [3.63, 3.8) is 0 Å². The summed E-state index contributed by atoms with van der Waals surface area (Å²) in [5, 5.41) is 1.03. The summed E-state index contributed by atoms with van der Waals surface area (Å²) in [5.41, 5.74) is 13.4. The molecule has 0 spiro atoms. The highest BCUT2D eigenvalue weighted by atomic mass is 14.9. The molecule has 2 heterocycles. The van der Waals surface area contributed by atoms with Crippen LogP contribution in [0.3, 0.4) is 0 Å². The second kappa shape index (κ2) is 13.7. The lowest BCUT2D eigenvalue weighted by molar-refractivity contribution is 1.21. The topological polar surface area (TPSA) is 51.6 Å². The molecule has 9 rings (SSSR count). The van der Waals surface area contributed by atoms with Crippen LogP contribution in [-0.2, 0) is 0 Å². The van der Waals surface area contributed by atoms with E-state index in [1.165, 1.54) is 0 Å². The molecular weight excluding hydrogens is 633 g/mol. The summed E-state index contributed by atoms with van der Waals surface area (Å²) in [5.74, 6) is 0.691. The quantitative estimate of drug-likeness (QED) is 0.170. The number of rotatable bonds is 7. The highest BCUT2D eigenvalue weighted by molar-refractivity contribution is 5.94. The fraction of sp³-hybridized carbons (Fsp3) is 0. The zero-order valence-corrected chi connectivity index (χ0v) is 28.3. The predicted molar refractivity (Wildman–Crippen MR) is 213 cm³/mol. The van der Waals surface area contributed by atoms with Crippen LogP contribution in [0, 0.1) is 0 Å². The largest absolute Gasteiger partial charge is 0.243 e. The summed E-state index contributed by atoms with van der Waals surface area (Å²) in [6, 6.07) is 66.6. The molecule has 0 saturated carbocycles. The average molecular weight is 665 g/mol. The standard InChI is InChI=1S/C48H32N4/c1-5-17-33(18-6-1)43-41-29-13-14-30-42(41)49-48(52-43)40-28-16-26-38(32-40)37-25-15-27-39(31-37)47-46(36-23-11-4-12-24-36)50-44(34-19-7-2-8-20-34)45(51-47)35-21-9-3-10-22-35/h1-32H. The highest BCUT2D eigenvalue weighted by Crippen LogP contribution is 2.38. The molecule has 0 atom stereocenters. The summed E-state index contributed by atoms with van der Waals surface area (Å²) in [6.45, 7) is 0. The minimum Gasteiger partial charge on any atom is -0.243 e. The van der Waals surface area contributed by atoms with E-state index in [1.807, 2.05) is 84.9 Å². The molecule has 0 bridgehead atoms. The number of para-hydroxylation sites is 1. The third-order valence-electron chi connectivity index (χ3n) is 9.28. The average Bonchev–Trinajstić information content (AvgIpc) is 3.24. The van der Waals surface area contributed by atoms with Gasteiger partial charge in [0, 0.05) is 38.8 Å². The Hall–Kier alpha value is -7.04. The Morgan fingerprint density at radius 3 is 1.12 bits per heavy atom. The second-order valence-electron chi connectivity index (χ2n) is 12.7. The molecule has 0 saturated heterocycles. The van der Waals surface area contributed by atoms with E-state index >= 15 is 0 Å². The van der Waals surface area contributed by atoms with Gasteiger partial charge in [0.2, 0.25) is 0 Å². The fourth-order valence-corrected chi connectivity index (χ4v) is 6.73. The number of aromatic nitrogens is 4. The van der Waals surface area contributed by atoms with Crippen LogP contribution in [0.5, 0.6) is 0 Å². The van der Waals surface area contributed by atoms with Crippen molar-refractivity contribution in [2.75, 3.05) is 0 Å². The zero-order chi connectivity index (χ0) is 34.7. The van der Waals surface area contributed by atoms with Crippen molar-refractivity contribution in [2.45, 2.75) is 0 Å². The summed E-state index contributed by atoms with van der Waals surface area (Å²) in [6.07, 6.45) is 0. The van der Waals surface area contributed by atoms with E-state index in [1.54, 1.807) is 0 Å². The molecule has 0 aliphatic heterocycles. The van der Waals surface area contributed by atoms with Crippen LogP contribution in [0.15, 0.2) is 194 Å². The first-order valence-corrected chi connectivity index (χ1v) is 17.4. The number of nitrogens with zero attached hydrogens (tertiary/aromatic N) is 4. The molecule has 0 radical (unpaired) electrons. The Bertz CT molecular complexity index is 2660. The van der Waals surface area contributed by atoms with Crippen LogP contribution >= 0.6 is 0 Å². The molecule has 4 nitrogen and oxygen atoms in total. The number of hydrogen-bond donors (Lipinski definition) is 0. The predicted octanol–water partition coefficient (Wildman–Crippen LogP) is 12.1. The molecule has 52 heavy (non-hydrogen) atoms. The van der Waals surface area contributed by atoms with Crippen LogP contribution in [0.2, 0.25) is 0 Å². The minimum absolute atomic E-state index is 0.691. The van der Waals surface area contributed by atoms with Crippen molar-refractivity contribution in [3.8, 4) is 78.8 Å². The van der Waals surface area contributed by atoms with Crippen molar-refractivity contribution in [2.24, 2.45) is 0 Å². The van der Waals surface area contributed by atoms with E-state index in [2.05, 4.69) is 109 Å². The molecular formula is C48H32N4. The van der Waals surface area contributed by atoms with Crippen LogP contribution in [0.4, 0.5) is 0 Å². The highest BCUT2D eigenvalue weighted by Gasteiger charge is 2.20. The van der Waals surface area contributed by atoms with Crippen molar-refractivity contribution in [1.82, 2.24) is 19.9 Å². The van der Waals surface area contributed by atoms with E-state index in [0.29, 0.717) is 5.82 Å². The lowest BCUT2D eigenvalue weighted by Crippen LogP contribution is -2.01. The van der Waals surface area contributed by atoms with Crippen molar-refractivity contribution in [1.29, 1.82) is 0 Å². The van der Waals surface area contributed by atoms with Gasteiger partial charge in [-0.25, -0.2) is 19.9 Å². The van der Waals surface area contributed by atoms with Gasteiger partial charge in [0.05, 0.1) is 34.0 Å². The first kappa shape index (κ1) is 31.0. The summed E-state index contributed by atoms with van der Waals surface area (Å²) >= 11 is 0. The van der Waals surface area contributed by atoms with E-state index < -0.39 is 0 Å². The molecule has 0 aliphatic carbocycles. The van der Waals surface area contributed by atoms with Gasteiger partial charge in [-0.15, -0.1) is 0 Å². The Morgan fingerprint density at radius 2 is 0.596 bits per heavy atom. The van der Waals surface area contributed by atoms with Gasteiger partial charge in [-0.05, 0) is 29.3 Å². The van der Waals surface area contributed by atoms with Crippen molar-refractivity contribution in [3.05, 3.63) is 194 Å². The van der Waals surface area contributed by atoms with Gasteiger partial charge in [0.1, 0.15) is 0 Å².